The Morgan fingerprint density at radius 2 is 1.93 bits per heavy atom. The zero-order valence-electron chi connectivity index (χ0n) is 14.5. The summed E-state index contributed by atoms with van der Waals surface area (Å²) >= 11 is 2.22. The molecule has 0 amide bonds. The Bertz CT molecular complexity index is 1030. The van der Waals surface area contributed by atoms with Crippen molar-refractivity contribution in [3.8, 4) is 18.1 Å². The van der Waals surface area contributed by atoms with Crippen LogP contribution in [0.3, 0.4) is 0 Å². The van der Waals surface area contributed by atoms with Crippen molar-refractivity contribution in [3.63, 3.8) is 0 Å². The van der Waals surface area contributed by atoms with E-state index in [0.29, 0.717) is 6.61 Å². The van der Waals surface area contributed by atoms with Gasteiger partial charge in [0.15, 0.2) is 6.61 Å². The predicted molar refractivity (Wildman–Crippen MR) is 116 cm³/mol. The Hall–Kier alpha value is -2.78. The lowest BCUT2D eigenvalue weighted by atomic mass is 10.1. The van der Waals surface area contributed by atoms with Gasteiger partial charge in [-0.25, -0.2) is 4.79 Å². The van der Waals surface area contributed by atoms with Crippen LogP contribution in [0.1, 0.15) is 11.1 Å². The topological polar surface area (TPSA) is 35.5 Å². The molecule has 0 radical (unpaired) electrons. The Morgan fingerprint density at radius 1 is 1.11 bits per heavy atom. The van der Waals surface area contributed by atoms with Crippen molar-refractivity contribution in [2.45, 2.75) is 6.61 Å². The summed E-state index contributed by atoms with van der Waals surface area (Å²) in [6.45, 7) is 0.465. The number of esters is 1. The highest BCUT2D eigenvalue weighted by Crippen LogP contribution is 2.25. The molecule has 0 aliphatic heterocycles. The summed E-state index contributed by atoms with van der Waals surface area (Å²) in [6.07, 6.45) is 8.11. The van der Waals surface area contributed by atoms with E-state index >= 15 is 0 Å². The first-order valence-corrected chi connectivity index (χ1v) is 9.42. The first kappa shape index (κ1) is 19.0. The third-order valence-electron chi connectivity index (χ3n) is 3.93. The molecule has 0 saturated heterocycles. The lowest BCUT2D eigenvalue weighted by Crippen LogP contribution is -2.00. The second-order valence-electron chi connectivity index (χ2n) is 5.76. The number of hydrogen-bond acceptors (Lipinski definition) is 3. The zero-order valence-corrected chi connectivity index (χ0v) is 16.7. The van der Waals surface area contributed by atoms with Gasteiger partial charge in [0.2, 0.25) is 0 Å². The van der Waals surface area contributed by atoms with Gasteiger partial charge in [0.25, 0.3) is 0 Å². The number of rotatable bonds is 6. The summed E-state index contributed by atoms with van der Waals surface area (Å²) in [5.41, 5.74) is 2.03. The number of terminal acetylenes is 1. The van der Waals surface area contributed by atoms with E-state index in [1.54, 1.807) is 6.08 Å². The van der Waals surface area contributed by atoms with E-state index in [1.807, 2.05) is 36.4 Å². The van der Waals surface area contributed by atoms with Gasteiger partial charge < -0.3 is 9.47 Å². The normalized spacial score (nSPS) is 10.7. The van der Waals surface area contributed by atoms with Crippen molar-refractivity contribution in [2.75, 3.05) is 6.61 Å². The second-order valence-corrected chi connectivity index (χ2v) is 6.92. The average molecular weight is 468 g/mol. The van der Waals surface area contributed by atoms with Crippen molar-refractivity contribution < 1.29 is 14.3 Å². The predicted octanol–water partition coefficient (Wildman–Crippen LogP) is 5.21. The summed E-state index contributed by atoms with van der Waals surface area (Å²) in [7, 11) is 0. The third-order valence-corrected chi connectivity index (χ3v) is 4.77. The maximum Gasteiger partial charge on any atom is 0.331 e. The van der Waals surface area contributed by atoms with E-state index in [9.17, 15) is 4.79 Å². The average Bonchev–Trinajstić information content (AvgIpc) is 2.70. The lowest BCUT2D eigenvalue weighted by molar-refractivity contribution is -0.136. The van der Waals surface area contributed by atoms with Crippen LogP contribution in [-0.4, -0.2) is 12.6 Å². The molecule has 0 atom stereocenters. The number of ether oxygens (including phenoxy) is 2. The van der Waals surface area contributed by atoms with Crippen LogP contribution in [-0.2, 0) is 16.1 Å². The molecule has 4 heteroatoms. The number of halogens is 1. The highest BCUT2D eigenvalue weighted by Gasteiger charge is 2.05. The van der Waals surface area contributed by atoms with Gasteiger partial charge in [0.1, 0.15) is 12.4 Å². The Labute approximate surface area is 172 Å². The summed E-state index contributed by atoms with van der Waals surface area (Å²) in [5.74, 6) is 2.60. The molecule has 3 aromatic carbocycles. The van der Waals surface area contributed by atoms with Crippen molar-refractivity contribution in [3.05, 3.63) is 81.4 Å². The molecule has 3 aromatic rings. The molecule has 0 heterocycles. The fourth-order valence-corrected chi connectivity index (χ4v) is 3.33. The van der Waals surface area contributed by atoms with Crippen molar-refractivity contribution in [2.24, 2.45) is 0 Å². The molecule has 3 nitrogen and oxygen atoms in total. The van der Waals surface area contributed by atoms with Gasteiger partial charge in [0, 0.05) is 6.08 Å². The van der Waals surface area contributed by atoms with Crippen LogP contribution in [0.5, 0.6) is 5.75 Å². The molecule has 0 unspecified atom stereocenters. The first-order chi connectivity index (χ1) is 13.2. The summed E-state index contributed by atoms with van der Waals surface area (Å²) in [4.78, 5) is 11.5. The molecule has 3 rings (SSSR count). The Morgan fingerprint density at radius 3 is 2.74 bits per heavy atom. The van der Waals surface area contributed by atoms with Crippen LogP contribution in [0.15, 0.2) is 66.7 Å². The maximum atomic E-state index is 11.5. The van der Waals surface area contributed by atoms with Crippen LogP contribution >= 0.6 is 22.6 Å². The molecule has 0 fully saturated rings. The SMILES string of the molecule is C#CCOC(=O)/C=C/c1ccc(OCc2cccc3ccccc23)c(I)c1. The second kappa shape index (κ2) is 9.24. The van der Waals surface area contributed by atoms with Gasteiger partial charge in [-0.3, -0.25) is 0 Å². The zero-order chi connectivity index (χ0) is 19.1. The smallest absolute Gasteiger partial charge is 0.331 e. The minimum absolute atomic E-state index is 0.0261. The fraction of sp³-hybridized carbons (Fsp3) is 0.0870. The molecular weight excluding hydrogens is 451 g/mol. The summed E-state index contributed by atoms with van der Waals surface area (Å²) in [6, 6.07) is 20.2. The molecule has 0 aliphatic carbocycles. The van der Waals surface area contributed by atoms with E-state index in [4.69, 9.17) is 15.9 Å². The molecule has 0 aliphatic rings. The molecule has 0 aromatic heterocycles. The minimum atomic E-state index is -0.459. The molecule has 0 spiro atoms. The highest BCUT2D eigenvalue weighted by molar-refractivity contribution is 14.1. The number of carbonyl (C=O) groups is 1. The molecule has 0 saturated carbocycles. The third kappa shape index (κ3) is 5.11. The van der Waals surface area contributed by atoms with Gasteiger partial charge in [-0.1, -0.05) is 54.5 Å². The van der Waals surface area contributed by atoms with Crippen LogP contribution in [0.2, 0.25) is 0 Å². The van der Waals surface area contributed by atoms with Gasteiger partial charge in [-0.15, -0.1) is 6.42 Å². The monoisotopic (exact) mass is 468 g/mol. The Kier molecular flexibility index (Phi) is 6.50. The van der Waals surface area contributed by atoms with Crippen LogP contribution in [0.25, 0.3) is 16.8 Å². The molecular formula is C23H17IO3. The van der Waals surface area contributed by atoms with Gasteiger partial charge in [-0.05, 0) is 62.7 Å². The number of hydrogen-bond donors (Lipinski definition) is 0. The number of fused-ring (bicyclic) bond motifs is 1. The van der Waals surface area contributed by atoms with Crippen molar-refractivity contribution in [1.29, 1.82) is 0 Å². The lowest BCUT2D eigenvalue weighted by Gasteiger charge is -2.11. The maximum absolute atomic E-state index is 11.5. The van der Waals surface area contributed by atoms with Gasteiger partial charge in [0.05, 0.1) is 3.57 Å². The first-order valence-electron chi connectivity index (χ1n) is 8.34. The van der Waals surface area contributed by atoms with E-state index in [2.05, 4.69) is 52.8 Å². The Balaban J connectivity index is 1.68. The molecule has 27 heavy (non-hydrogen) atoms. The minimum Gasteiger partial charge on any atom is -0.488 e. The quantitative estimate of drug-likeness (QED) is 0.216. The highest BCUT2D eigenvalue weighted by atomic mass is 127. The van der Waals surface area contributed by atoms with E-state index < -0.39 is 5.97 Å². The van der Waals surface area contributed by atoms with Crippen LogP contribution in [0, 0.1) is 15.9 Å². The van der Waals surface area contributed by atoms with Gasteiger partial charge >= 0.3 is 5.97 Å². The summed E-state index contributed by atoms with van der Waals surface area (Å²) in [5, 5.41) is 2.39. The van der Waals surface area contributed by atoms with Crippen LogP contribution < -0.4 is 4.74 Å². The largest absolute Gasteiger partial charge is 0.488 e. The standard InChI is InChI=1S/C23H17IO3/c1-2-14-26-23(25)13-11-17-10-12-22(21(24)15-17)27-16-19-8-5-7-18-6-3-4-9-20(18)19/h1,3-13,15H,14,16H2/b13-11+. The van der Waals surface area contributed by atoms with E-state index in [0.717, 1.165) is 20.4 Å². The van der Waals surface area contributed by atoms with Crippen LogP contribution in [0.4, 0.5) is 0 Å². The van der Waals surface area contributed by atoms with E-state index in [-0.39, 0.29) is 6.61 Å². The van der Waals surface area contributed by atoms with E-state index in [1.165, 1.54) is 16.8 Å². The number of carbonyl (C=O) groups excluding carboxylic acids is 1. The summed E-state index contributed by atoms with van der Waals surface area (Å²) < 4.78 is 11.8. The fourth-order valence-electron chi connectivity index (χ4n) is 2.64. The molecule has 0 N–H and O–H groups in total. The van der Waals surface area contributed by atoms with Crippen molar-refractivity contribution in [1.82, 2.24) is 0 Å². The van der Waals surface area contributed by atoms with Crippen molar-refractivity contribution >= 4 is 45.4 Å². The number of benzene rings is 3. The molecule has 134 valence electrons. The van der Waals surface area contributed by atoms with Gasteiger partial charge in [-0.2, -0.15) is 0 Å². The molecule has 0 bridgehead atoms.